The number of hydrogen-bond donors (Lipinski definition) is 0. The van der Waals surface area contributed by atoms with Crippen molar-refractivity contribution in [3.63, 3.8) is 0 Å². The molecule has 2 nitrogen and oxygen atoms in total. The molecule has 0 N–H and O–H groups in total. The summed E-state index contributed by atoms with van der Waals surface area (Å²) in [6.07, 6.45) is -0.0615. The largest absolute Gasteiger partial charge is 0.748 e. The molecule has 0 fully saturated rings. The molecule has 0 unspecified atom stereocenters. The molecule has 3 rings (SSSR count). The van der Waals surface area contributed by atoms with Crippen LogP contribution in [-0.4, -0.2) is 11.6 Å². The van der Waals surface area contributed by atoms with Crippen LogP contribution in [0.1, 0.15) is 27.1 Å². The molecule has 0 aliphatic carbocycles. The number of carbonyl (C=O) groups is 2. The van der Waals surface area contributed by atoms with Crippen molar-refractivity contribution in [2.45, 2.75) is 6.42 Å². The summed E-state index contributed by atoms with van der Waals surface area (Å²) < 4.78 is 0. The zero-order valence-corrected chi connectivity index (χ0v) is 13.7. The molecular formula is C19H16O2Ru-6. The van der Waals surface area contributed by atoms with Gasteiger partial charge in [-0.1, -0.05) is 35.9 Å². The van der Waals surface area contributed by atoms with Crippen LogP contribution in [0.15, 0.2) is 84.9 Å². The molecule has 0 aliphatic rings. The average Bonchev–Trinajstić information content (AvgIpc) is 3.23. The number of carbonyl (C=O) groups excluding carboxylic acids is 2. The van der Waals surface area contributed by atoms with Crippen LogP contribution in [0, 0.1) is 0 Å². The van der Waals surface area contributed by atoms with Gasteiger partial charge in [-0.25, -0.2) is 12.1 Å². The van der Waals surface area contributed by atoms with Crippen LogP contribution in [0.4, 0.5) is 0 Å². The van der Waals surface area contributed by atoms with Gasteiger partial charge in [0.1, 0.15) is 5.78 Å². The molecule has 3 aromatic carbocycles. The third kappa shape index (κ3) is 5.71. The fourth-order valence-electron chi connectivity index (χ4n) is 1.85. The normalized spacial score (nSPS) is 9.09. The van der Waals surface area contributed by atoms with E-state index in [4.69, 9.17) is 0 Å². The number of hydrogen-bond acceptors (Lipinski definition) is 2. The minimum absolute atomic E-state index is 0. The molecule has 0 spiro atoms. The molecule has 0 aromatic heterocycles. The van der Waals surface area contributed by atoms with Crippen LogP contribution < -0.4 is 0 Å². The Kier molecular flexibility index (Phi) is 7.95. The fourth-order valence-corrected chi connectivity index (χ4v) is 1.85. The molecule has 0 radical (unpaired) electrons. The van der Waals surface area contributed by atoms with E-state index in [1.807, 2.05) is 36.4 Å². The van der Waals surface area contributed by atoms with Gasteiger partial charge in [0.2, 0.25) is 0 Å². The minimum Gasteiger partial charge on any atom is -0.748 e. The van der Waals surface area contributed by atoms with E-state index in [-0.39, 0.29) is 37.5 Å². The van der Waals surface area contributed by atoms with Crippen molar-refractivity contribution in [1.82, 2.24) is 0 Å². The Balaban J connectivity index is 0.000000344. The maximum absolute atomic E-state index is 11.7. The van der Waals surface area contributed by atoms with E-state index >= 15 is 0 Å². The number of benzene rings is 1. The van der Waals surface area contributed by atoms with E-state index in [0.29, 0.717) is 11.1 Å². The Hall–Kier alpha value is -2.12. The van der Waals surface area contributed by atoms with E-state index in [9.17, 15) is 9.59 Å². The van der Waals surface area contributed by atoms with Crippen molar-refractivity contribution in [1.29, 1.82) is 0 Å². The van der Waals surface area contributed by atoms with E-state index in [1.165, 1.54) is 0 Å². The summed E-state index contributed by atoms with van der Waals surface area (Å²) in [5.74, 6) is -0.259. The van der Waals surface area contributed by atoms with Crippen molar-refractivity contribution in [2.75, 3.05) is 0 Å². The van der Waals surface area contributed by atoms with E-state index < -0.39 is 0 Å². The van der Waals surface area contributed by atoms with Gasteiger partial charge in [0.25, 0.3) is 0 Å². The predicted molar refractivity (Wildman–Crippen MR) is 83.8 cm³/mol. The quantitative estimate of drug-likeness (QED) is 0.295. The summed E-state index contributed by atoms with van der Waals surface area (Å²) in [7, 11) is 0. The van der Waals surface area contributed by atoms with Crippen LogP contribution in [0.3, 0.4) is 0 Å². The molecule has 0 heterocycles. The molecule has 0 saturated heterocycles. The molecule has 0 atom stereocenters. The second-order valence-electron chi connectivity index (χ2n) is 4.52. The van der Waals surface area contributed by atoms with Gasteiger partial charge in [0.05, 0.1) is 6.42 Å². The summed E-state index contributed by atoms with van der Waals surface area (Å²) in [5.41, 5.74) is 1.19. The van der Waals surface area contributed by atoms with Gasteiger partial charge in [-0.3, -0.25) is 4.79 Å². The zero-order chi connectivity index (χ0) is 14.9. The number of Topliss-reactive ketones (excluding diaryl/α,β-unsaturated/α-hetero) is 2. The maximum Gasteiger partial charge on any atom is 0.169 e. The fraction of sp³-hybridized carbons (Fsp3) is 0.0526. The van der Waals surface area contributed by atoms with Gasteiger partial charge in [0, 0.05) is 25.0 Å². The standard InChI is InChI=1S/C14H11O2.C5H5.Ru/c15-13(11-6-2-1-3-7-11)10-14(16)12-8-4-5-9-12;1-2-4-5-3-1;/h1-9H,10H2;1-5H;/q-1;-5;. The van der Waals surface area contributed by atoms with E-state index in [1.54, 1.807) is 48.5 Å². The predicted octanol–water partition coefficient (Wildman–Crippen LogP) is 4.26. The van der Waals surface area contributed by atoms with Crippen LogP contribution in [-0.2, 0) is 19.5 Å². The van der Waals surface area contributed by atoms with Gasteiger partial charge in [0.15, 0.2) is 5.78 Å². The monoisotopic (exact) mass is 378 g/mol. The topological polar surface area (TPSA) is 34.1 Å². The number of rotatable bonds is 4. The van der Waals surface area contributed by atoms with Crippen molar-refractivity contribution < 1.29 is 29.1 Å². The van der Waals surface area contributed by atoms with Crippen molar-refractivity contribution >= 4 is 11.6 Å². The molecule has 3 aromatic rings. The Morgan fingerprint density at radius 3 is 1.82 bits per heavy atom. The zero-order valence-electron chi connectivity index (χ0n) is 12.0. The summed E-state index contributed by atoms with van der Waals surface area (Å²) >= 11 is 0. The Morgan fingerprint density at radius 2 is 1.32 bits per heavy atom. The Morgan fingerprint density at radius 1 is 0.818 bits per heavy atom. The van der Waals surface area contributed by atoms with Crippen LogP contribution in [0.25, 0.3) is 0 Å². The summed E-state index contributed by atoms with van der Waals surface area (Å²) in [4.78, 5) is 23.4. The molecule has 0 saturated carbocycles. The molecule has 0 aliphatic heterocycles. The van der Waals surface area contributed by atoms with E-state index in [2.05, 4.69) is 0 Å². The second-order valence-corrected chi connectivity index (χ2v) is 4.52. The van der Waals surface area contributed by atoms with Crippen LogP contribution >= 0.6 is 0 Å². The molecule has 118 valence electrons. The van der Waals surface area contributed by atoms with Gasteiger partial charge < -0.3 is 35.1 Å². The summed E-state index contributed by atoms with van der Waals surface area (Å²) in [5, 5.41) is 0. The van der Waals surface area contributed by atoms with Gasteiger partial charge in [-0.05, 0) is 0 Å². The summed E-state index contributed by atoms with van der Waals surface area (Å²) in [6, 6.07) is 25.9. The molecular weight excluding hydrogens is 361 g/mol. The van der Waals surface area contributed by atoms with Crippen LogP contribution in [0.2, 0.25) is 0 Å². The SMILES string of the molecule is O=C(CC(=O)[c-]1cccc1)c1ccccc1.[Ru].[cH-]1[cH-][cH-][cH-][cH-]1. The van der Waals surface area contributed by atoms with Crippen molar-refractivity contribution in [2.24, 2.45) is 0 Å². The minimum atomic E-state index is -0.133. The second kappa shape index (κ2) is 9.75. The molecule has 0 bridgehead atoms. The Bertz CT molecular complexity index is 636. The van der Waals surface area contributed by atoms with E-state index in [0.717, 1.165) is 0 Å². The Labute approximate surface area is 143 Å². The first-order valence-electron chi connectivity index (χ1n) is 6.77. The molecule has 3 heteroatoms. The molecule has 22 heavy (non-hydrogen) atoms. The third-order valence-electron chi connectivity index (χ3n) is 2.96. The third-order valence-corrected chi connectivity index (χ3v) is 2.96. The van der Waals surface area contributed by atoms with Gasteiger partial charge in [-0.2, -0.15) is 12.1 Å². The average molecular weight is 377 g/mol. The summed E-state index contributed by atoms with van der Waals surface area (Å²) in [6.45, 7) is 0. The first-order valence-corrected chi connectivity index (χ1v) is 6.77. The first-order chi connectivity index (χ1) is 10.3. The van der Waals surface area contributed by atoms with Crippen molar-refractivity contribution in [3.8, 4) is 0 Å². The smallest absolute Gasteiger partial charge is 0.169 e. The first kappa shape index (κ1) is 17.9. The molecule has 0 amide bonds. The number of ketones is 2. The van der Waals surface area contributed by atoms with Gasteiger partial charge >= 0.3 is 0 Å². The van der Waals surface area contributed by atoms with Crippen molar-refractivity contribution in [3.05, 3.63) is 96.1 Å². The van der Waals surface area contributed by atoms with Gasteiger partial charge in [-0.15, -0.1) is 0 Å². The van der Waals surface area contributed by atoms with Crippen LogP contribution in [0.5, 0.6) is 0 Å². The maximum atomic E-state index is 11.7.